The third kappa shape index (κ3) is 3.92. The van der Waals surface area contributed by atoms with Gasteiger partial charge in [0.15, 0.2) is 5.16 Å². The summed E-state index contributed by atoms with van der Waals surface area (Å²) in [4.78, 5) is 13.2. The van der Waals surface area contributed by atoms with E-state index >= 15 is 0 Å². The van der Waals surface area contributed by atoms with Gasteiger partial charge in [0.1, 0.15) is 0 Å². The first-order valence-corrected chi connectivity index (χ1v) is 6.98. The van der Waals surface area contributed by atoms with Crippen LogP contribution < -0.4 is 5.32 Å². The van der Waals surface area contributed by atoms with Gasteiger partial charge in [0.05, 0.1) is 0 Å². The van der Waals surface area contributed by atoms with Gasteiger partial charge in [-0.3, -0.25) is 0 Å². The molecule has 0 aliphatic carbocycles. The monoisotopic (exact) mass is 278 g/mol. The van der Waals surface area contributed by atoms with Crippen LogP contribution in [0.3, 0.4) is 0 Å². The predicted molar refractivity (Wildman–Crippen MR) is 76.7 cm³/mol. The maximum absolute atomic E-state index is 4.44. The van der Waals surface area contributed by atoms with Gasteiger partial charge in [-0.05, 0) is 13.0 Å². The van der Waals surface area contributed by atoms with Gasteiger partial charge in [0, 0.05) is 23.7 Å². The molecule has 0 aliphatic heterocycles. The Morgan fingerprint density at radius 3 is 2.63 bits per heavy atom. The normalized spacial score (nSPS) is 11.6. The van der Waals surface area contributed by atoms with E-state index in [9.17, 15) is 0 Å². The lowest BCUT2D eigenvalue weighted by molar-refractivity contribution is 0.747. The summed E-state index contributed by atoms with van der Waals surface area (Å²) in [5.74, 6) is 1.11. The van der Waals surface area contributed by atoms with Crippen LogP contribution in [-0.4, -0.2) is 36.0 Å². The number of thioether (sulfide) groups is 1. The average Bonchev–Trinajstić information content (AvgIpc) is 2.79. The first-order chi connectivity index (χ1) is 8.98. The second kappa shape index (κ2) is 5.56. The first-order valence-electron chi connectivity index (χ1n) is 6.17. The van der Waals surface area contributed by atoms with E-state index in [1.807, 2.05) is 19.2 Å². The molecule has 0 radical (unpaired) electrons. The third-order valence-corrected chi connectivity index (χ3v) is 3.02. The minimum absolute atomic E-state index is 0.0478. The van der Waals surface area contributed by atoms with E-state index in [4.69, 9.17) is 0 Å². The van der Waals surface area contributed by atoms with Crippen LogP contribution in [0, 0.1) is 0 Å². The second-order valence-corrected chi connectivity index (χ2v) is 6.73. The smallest absolute Gasteiger partial charge is 0.256 e. The van der Waals surface area contributed by atoms with Crippen LogP contribution in [0.15, 0.2) is 23.6 Å². The summed E-state index contributed by atoms with van der Waals surface area (Å²) in [5, 5.41) is 7.97. The van der Waals surface area contributed by atoms with Gasteiger partial charge in [-0.25, -0.2) is 4.68 Å². The Morgan fingerprint density at radius 2 is 2.05 bits per heavy atom. The van der Waals surface area contributed by atoms with Gasteiger partial charge in [-0.15, -0.1) is 0 Å². The minimum atomic E-state index is 0.0478. The molecule has 0 spiro atoms. The highest BCUT2D eigenvalue weighted by Crippen LogP contribution is 2.29. The van der Waals surface area contributed by atoms with Crippen molar-refractivity contribution in [3.8, 4) is 5.95 Å². The standard InChI is InChI=1S/C12H18N6S/c1-5-13-9-15-10(18-8-6-7-14-18)17-11(16-9)19-12(2,3)4/h6-8H,5H2,1-4H3,(H,13,15,16,17). The molecule has 0 saturated heterocycles. The highest BCUT2D eigenvalue weighted by Gasteiger charge is 2.17. The van der Waals surface area contributed by atoms with Gasteiger partial charge in [-0.1, -0.05) is 32.5 Å². The molecule has 0 unspecified atom stereocenters. The van der Waals surface area contributed by atoms with Crippen molar-refractivity contribution in [3.05, 3.63) is 18.5 Å². The fraction of sp³-hybridized carbons (Fsp3) is 0.500. The molecule has 0 saturated carbocycles. The molecule has 0 bridgehead atoms. The van der Waals surface area contributed by atoms with Gasteiger partial charge in [-0.2, -0.15) is 20.1 Å². The zero-order valence-corrected chi connectivity index (χ0v) is 12.4. The van der Waals surface area contributed by atoms with Crippen LogP contribution in [0.1, 0.15) is 27.7 Å². The number of nitrogens with zero attached hydrogens (tertiary/aromatic N) is 5. The lowest BCUT2D eigenvalue weighted by Gasteiger charge is -2.16. The maximum atomic E-state index is 4.44. The Balaban J connectivity index is 2.38. The molecule has 6 nitrogen and oxygen atoms in total. The maximum Gasteiger partial charge on any atom is 0.256 e. The lowest BCUT2D eigenvalue weighted by atomic mass is 10.3. The van der Waals surface area contributed by atoms with Crippen LogP contribution in [0.25, 0.3) is 5.95 Å². The van der Waals surface area contributed by atoms with Crippen LogP contribution in [0.2, 0.25) is 0 Å². The predicted octanol–water partition coefficient (Wildman–Crippen LogP) is 2.38. The Kier molecular flexibility index (Phi) is 4.04. The summed E-state index contributed by atoms with van der Waals surface area (Å²) < 4.78 is 1.68. The third-order valence-electron chi connectivity index (χ3n) is 2.04. The molecule has 0 amide bonds. The van der Waals surface area contributed by atoms with Crippen molar-refractivity contribution in [2.45, 2.75) is 37.6 Å². The van der Waals surface area contributed by atoms with Crippen molar-refractivity contribution in [2.24, 2.45) is 0 Å². The summed E-state index contributed by atoms with van der Waals surface area (Å²) in [6, 6.07) is 1.84. The molecule has 2 aromatic heterocycles. The number of anilines is 1. The fourth-order valence-corrected chi connectivity index (χ4v) is 2.20. The molecule has 2 rings (SSSR count). The second-order valence-electron chi connectivity index (χ2n) is 4.94. The Labute approximate surface area is 117 Å². The van der Waals surface area contributed by atoms with Gasteiger partial charge >= 0.3 is 0 Å². The topological polar surface area (TPSA) is 68.5 Å². The quantitative estimate of drug-likeness (QED) is 0.866. The van der Waals surface area contributed by atoms with Crippen LogP contribution in [0.5, 0.6) is 0 Å². The minimum Gasteiger partial charge on any atom is -0.354 e. The molecule has 0 aliphatic rings. The Hall–Kier alpha value is -1.63. The van der Waals surface area contributed by atoms with Crippen molar-refractivity contribution in [1.82, 2.24) is 24.7 Å². The molecule has 1 N–H and O–H groups in total. The summed E-state index contributed by atoms with van der Waals surface area (Å²) in [7, 11) is 0. The SMILES string of the molecule is CCNc1nc(SC(C)(C)C)nc(-n2cccn2)n1. The largest absolute Gasteiger partial charge is 0.354 e. The van der Waals surface area contributed by atoms with E-state index in [2.05, 4.69) is 46.1 Å². The molecule has 2 aromatic rings. The highest BCUT2D eigenvalue weighted by atomic mass is 32.2. The molecular weight excluding hydrogens is 260 g/mol. The lowest BCUT2D eigenvalue weighted by Crippen LogP contribution is -2.13. The van der Waals surface area contributed by atoms with Crippen molar-refractivity contribution in [1.29, 1.82) is 0 Å². The van der Waals surface area contributed by atoms with E-state index in [1.165, 1.54) is 0 Å². The fourth-order valence-electron chi connectivity index (χ4n) is 1.39. The number of aromatic nitrogens is 5. The summed E-state index contributed by atoms with van der Waals surface area (Å²) >= 11 is 1.61. The van der Waals surface area contributed by atoms with Gasteiger partial charge in [0.2, 0.25) is 5.95 Å². The van der Waals surface area contributed by atoms with E-state index in [0.717, 1.165) is 6.54 Å². The molecule has 0 atom stereocenters. The number of hydrogen-bond acceptors (Lipinski definition) is 6. The van der Waals surface area contributed by atoms with Crippen LogP contribution in [-0.2, 0) is 0 Å². The van der Waals surface area contributed by atoms with Crippen molar-refractivity contribution in [2.75, 3.05) is 11.9 Å². The van der Waals surface area contributed by atoms with E-state index < -0.39 is 0 Å². The molecular formula is C12H18N6S. The molecule has 0 aromatic carbocycles. The van der Waals surface area contributed by atoms with Crippen LogP contribution in [0.4, 0.5) is 5.95 Å². The zero-order valence-electron chi connectivity index (χ0n) is 11.6. The highest BCUT2D eigenvalue weighted by molar-refractivity contribution is 8.00. The van der Waals surface area contributed by atoms with Crippen molar-refractivity contribution < 1.29 is 0 Å². The molecule has 19 heavy (non-hydrogen) atoms. The summed E-state index contributed by atoms with van der Waals surface area (Å²) in [5.41, 5.74) is 0. The van der Waals surface area contributed by atoms with E-state index in [0.29, 0.717) is 17.1 Å². The molecule has 102 valence electrons. The number of nitrogens with one attached hydrogen (secondary N) is 1. The number of hydrogen-bond donors (Lipinski definition) is 1. The molecule has 7 heteroatoms. The summed E-state index contributed by atoms with van der Waals surface area (Å²) in [6.07, 6.45) is 3.52. The zero-order chi connectivity index (χ0) is 13.9. The van der Waals surface area contributed by atoms with E-state index in [-0.39, 0.29) is 4.75 Å². The van der Waals surface area contributed by atoms with Gasteiger partial charge < -0.3 is 5.32 Å². The Morgan fingerprint density at radius 1 is 1.26 bits per heavy atom. The Bertz CT molecular complexity index is 532. The molecule has 2 heterocycles. The van der Waals surface area contributed by atoms with Crippen molar-refractivity contribution in [3.63, 3.8) is 0 Å². The molecule has 0 fully saturated rings. The summed E-state index contributed by atoms with van der Waals surface area (Å²) in [6.45, 7) is 9.15. The number of rotatable bonds is 4. The average molecular weight is 278 g/mol. The van der Waals surface area contributed by atoms with Crippen molar-refractivity contribution >= 4 is 17.7 Å². The first kappa shape index (κ1) is 13.8. The van der Waals surface area contributed by atoms with Crippen LogP contribution >= 0.6 is 11.8 Å². The van der Waals surface area contributed by atoms with E-state index in [1.54, 1.807) is 22.6 Å². The van der Waals surface area contributed by atoms with Gasteiger partial charge in [0.25, 0.3) is 5.95 Å².